The summed E-state index contributed by atoms with van der Waals surface area (Å²) in [5.74, 6) is 8.36. The second-order valence-electron chi connectivity index (χ2n) is 24.9. The molecule has 13 aromatic rings. The second-order valence-corrected chi connectivity index (χ2v) is 27.1. The van der Waals surface area contributed by atoms with Crippen molar-refractivity contribution < 1.29 is 35.7 Å². The fourth-order valence-electron chi connectivity index (χ4n) is 9.38. The predicted octanol–water partition coefficient (Wildman–Crippen LogP) is 26.8. The summed E-state index contributed by atoms with van der Waals surface area (Å²) in [5, 5.41) is 0. The molecule has 0 heterocycles. The van der Waals surface area contributed by atoms with Crippen LogP contribution in [0.5, 0.6) is 57.5 Å². The Kier molecular flexibility index (Phi) is 35.7. The van der Waals surface area contributed by atoms with E-state index in [0.29, 0.717) is 21.3 Å². The summed E-state index contributed by atoms with van der Waals surface area (Å²) < 4.78 is 57.5. The molecule has 13 rings (SSSR count). The summed E-state index contributed by atoms with van der Waals surface area (Å²) in [5.41, 5.74) is 16.9. The number of para-hydroxylation sites is 1. The molecule has 0 aliphatic heterocycles. The van der Waals surface area contributed by atoms with E-state index in [1.165, 1.54) is 50.1 Å². The Balaban J connectivity index is 0.000000219. The van der Waals surface area contributed by atoms with Crippen molar-refractivity contribution in [3.05, 3.63) is 393 Å². The first kappa shape index (κ1) is 83.6. The second kappa shape index (κ2) is 44.4. The Labute approximate surface area is 626 Å². The molecule has 10 heteroatoms. The largest absolute Gasteiger partial charge is 0.457 e. The summed E-state index contributed by atoms with van der Waals surface area (Å²) in [7, 11) is 0. The molecule has 0 spiro atoms. The number of hydrogen-bond donors (Lipinski definition) is 0. The van der Waals surface area contributed by atoms with Crippen LogP contribution in [0.25, 0.3) is 0 Å². The Bertz CT molecular complexity index is 4580. The zero-order valence-electron chi connectivity index (χ0n) is 61.1. The monoisotopic (exact) mass is 1420 g/mol. The minimum absolute atomic E-state index is 0. The molecule has 0 aliphatic rings. The molecule has 0 aromatic heterocycles. The van der Waals surface area contributed by atoms with Gasteiger partial charge in [0.25, 0.3) is 0 Å². The SMILES string of the molecule is C.C.Cc1ccc(OS(=O)c2ccc(C)cc2)cc1.Cc1ccc(Oc2ccc(C)cc2)cc1.Cc1ccc(Oc2cccc(C)c2)cc1.Cc1ccc(Oc2ccccc2C)cc1.Cc1cccc(C)c1.Cc1cccc(OS(=O)c2cccc(C)c2)c1.Cc1cccc(Oc2cccc(C)c2)c1. The van der Waals surface area contributed by atoms with Crippen LogP contribution in [0.4, 0.5) is 0 Å². The molecule has 0 N–H and O–H groups in total. The number of aryl methyl sites for hydroxylation is 14. The van der Waals surface area contributed by atoms with E-state index in [9.17, 15) is 8.42 Å². The minimum atomic E-state index is -1.45. The smallest absolute Gasteiger partial charge is 0.240 e. The van der Waals surface area contributed by atoms with Crippen molar-refractivity contribution in [3.8, 4) is 57.5 Å². The highest BCUT2D eigenvalue weighted by Gasteiger charge is 2.09. The molecule has 0 bridgehead atoms. The van der Waals surface area contributed by atoms with Gasteiger partial charge in [0.2, 0.25) is 22.2 Å². The van der Waals surface area contributed by atoms with Crippen LogP contribution >= 0.6 is 0 Å². The number of benzene rings is 13. The molecule has 2 unspecified atom stereocenters. The van der Waals surface area contributed by atoms with Gasteiger partial charge in [-0.15, -0.1) is 0 Å². The standard InChI is InChI=1S/2C14H14O2S.4C14H14O.C8H10.2CH4/c1-11-3-7-13(8-4-11)16-17(15)14-9-5-12(2)6-10-14;1-11-5-3-7-13(9-11)16-17(15)14-8-4-6-12(2)10-14;1-11-3-7-13(8-4-11)15-14-9-5-12(2)6-10-14;1-11-5-3-7-13(9-11)15-14-8-4-6-12(2)10-14;1-11-6-8-13(9-7-11)15-14-5-3-4-12(2)10-14;1-11-7-9-13(10-8-11)15-14-6-4-3-5-12(14)2;1-7-4-3-5-8(2)6-7;;/h2*3-10H,1-2H3;4*3-10H,1-2H3;3-6H,1-2H3;2*1H4. The van der Waals surface area contributed by atoms with E-state index < -0.39 is 22.2 Å². The van der Waals surface area contributed by atoms with Crippen molar-refractivity contribution in [1.82, 2.24) is 0 Å². The third kappa shape index (κ3) is 31.9. The molecule has 0 radical (unpaired) electrons. The van der Waals surface area contributed by atoms with Crippen molar-refractivity contribution in [1.29, 1.82) is 0 Å². The highest BCUT2D eigenvalue weighted by molar-refractivity contribution is 7.80. The number of hydrogen-bond acceptors (Lipinski definition) is 8. The van der Waals surface area contributed by atoms with Crippen LogP contribution in [-0.2, 0) is 22.2 Å². The van der Waals surface area contributed by atoms with E-state index >= 15 is 0 Å². The number of rotatable bonds is 14. The topological polar surface area (TPSA) is 89.5 Å². The van der Waals surface area contributed by atoms with Crippen LogP contribution in [0.3, 0.4) is 0 Å². The highest BCUT2D eigenvalue weighted by atomic mass is 32.2. The van der Waals surface area contributed by atoms with Gasteiger partial charge in [-0.05, 0) is 270 Å². The van der Waals surface area contributed by atoms with Crippen LogP contribution < -0.4 is 27.3 Å². The molecule has 2 atom stereocenters. The summed E-state index contributed by atoms with van der Waals surface area (Å²) in [4.78, 5) is 1.36. The van der Waals surface area contributed by atoms with Crippen LogP contribution in [0.1, 0.15) is 92.7 Å². The summed E-state index contributed by atoms with van der Waals surface area (Å²) in [6, 6.07) is 103. The maximum atomic E-state index is 12.0. The van der Waals surface area contributed by atoms with Gasteiger partial charge in [0.1, 0.15) is 57.5 Å². The zero-order valence-corrected chi connectivity index (χ0v) is 62.7. The maximum absolute atomic E-state index is 12.0. The Morgan fingerprint density at radius 2 is 0.452 bits per heavy atom. The van der Waals surface area contributed by atoms with Gasteiger partial charge in [0.15, 0.2) is 0 Å². The predicted molar refractivity (Wildman–Crippen MR) is 438 cm³/mol. The number of ether oxygens (including phenoxy) is 4. The summed E-state index contributed by atoms with van der Waals surface area (Å²) >= 11 is -2.90. The van der Waals surface area contributed by atoms with Gasteiger partial charge in [-0.25, -0.2) is 8.42 Å². The van der Waals surface area contributed by atoms with E-state index in [2.05, 4.69) is 105 Å². The zero-order chi connectivity index (χ0) is 73.2. The lowest BCUT2D eigenvalue weighted by Gasteiger charge is -2.08. The van der Waals surface area contributed by atoms with Crippen LogP contribution in [0.15, 0.2) is 325 Å². The van der Waals surface area contributed by atoms with Crippen LogP contribution in [0.2, 0.25) is 0 Å². The maximum Gasteiger partial charge on any atom is 0.240 e. The first-order chi connectivity index (χ1) is 49.0. The molecule has 0 amide bonds. The lowest BCUT2D eigenvalue weighted by molar-refractivity contribution is 0.479. The third-order valence-corrected chi connectivity index (χ3v) is 17.0. The Morgan fingerprint density at radius 3 is 0.798 bits per heavy atom. The average Bonchev–Trinajstić information content (AvgIpc) is 0.931. The van der Waals surface area contributed by atoms with Gasteiger partial charge < -0.3 is 27.3 Å². The average molecular weight is 1420 g/mol. The fourth-order valence-corrected chi connectivity index (χ4v) is 11.0. The van der Waals surface area contributed by atoms with Crippen molar-refractivity contribution in [2.24, 2.45) is 0 Å². The molecule has 13 aromatic carbocycles. The fraction of sp³-hybridized carbons (Fsp3) is 0.170. The molecular formula is C94H102O8S2. The van der Waals surface area contributed by atoms with Crippen molar-refractivity contribution >= 4 is 22.2 Å². The van der Waals surface area contributed by atoms with Gasteiger partial charge in [-0.3, -0.25) is 0 Å². The highest BCUT2D eigenvalue weighted by Crippen LogP contribution is 2.28. The molecule has 8 nitrogen and oxygen atoms in total. The third-order valence-electron chi connectivity index (χ3n) is 15.0. The molecule has 104 heavy (non-hydrogen) atoms. The van der Waals surface area contributed by atoms with Gasteiger partial charge in [-0.1, -0.05) is 235 Å². The van der Waals surface area contributed by atoms with E-state index in [0.717, 1.165) is 73.8 Å². The molecule has 0 aliphatic carbocycles. The molecule has 0 saturated heterocycles. The first-order valence-corrected chi connectivity index (χ1v) is 35.9. The van der Waals surface area contributed by atoms with Crippen LogP contribution in [-0.4, -0.2) is 8.42 Å². The van der Waals surface area contributed by atoms with E-state index in [-0.39, 0.29) is 14.9 Å². The van der Waals surface area contributed by atoms with Crippen molar-refractivity contribution in [3.63, 3.8) is 0 Å². The first-order valence-electron chi connectivity index (χ1n) is 33.8. The van der Waals surface area contributed by atoms with Gasteiger partial charge in [0.05, 0.1) is 9.79 Å². The molecule has 0 fully saturated rings. The van der Waals surface area contributed by atoms with Gasteiger partial charge in [0, 0.05) is 0 Å². The van der Waals surface area contributed by atoms with Gasteiger partial charge >= 0.3 is 0 Å². The quantitative estimate of drug-likeness (QED) is 0.106. The van der Waals surface area contributed by atoms with Gasteiger partial charge in [-0.2, -0.15) is 0 Å². The normalized spacial score (nSPS) is 10.4. The molecular weight excluding hydrogens is 1320 g/mol. The molecule has 0 saturated carbocycles. The van der Waals surface area contributed by atoms with Crippen molar-refractivity contribution in [2.75, 3.05) is 0 Å². The summed E-state index contributed by atoms with van der Waals surface area (Å²) in [6.45, 7) is 28.6. The van der Waals surface area contributed by atoms with E-state index in [4.69, 9.17) is 27.3 Å². The summed E-state index contributed by atoms with van der Waals surface area (Å²) in [6.07, 6.45) is 0. The van der Waals surface area contributed by atoms with E-state index in [1.54, 1.807) is 12.1 Å². The van der Waals surface area contributed by atoms with Crippen molar-refractivity contribution in [2.45, 2.75) is 122 Å². The molecule has 538 valence electrons. The van der Waals surface area contributed by atoms with Crippen LogP contribution in [0, 0.1) is 96.9 Å². The Hall–Kier alpha value is -11.0. The minimum Gasteiger partial charge on any atom is -0.457 e. The van der Waals surface area contributed by atoms with E-state index in [1.807, 2.05) is 295 Å². The lowest BCUT2D eigenvalue weighted by Crippen LogP contribution is -2.01. The lowest BCUT2D eigenvalue weighted by atomic mass is 10.2. The Morgan fingerprint density at radius 1 is 0.192 bits per heavy atom.